The first-order chi connectivity index (χ1) is 32.1. The number of aromatic hydroxyl groups is 1. The molecule has 4 N–H and O–H groups in total. The van der Waals surface area contributed by atoms with Crippen LogP contribution < -0.4 is 15.6 Å². The van der Waals surface area contributed by atoms with Crippen molar-refractivity contribution in [2.45, 2.75) is 102 Å². The van der Waals surface area contributed by atoms with E-state index in [1.807, 2.05) is 54.6 Å². The molecule has 0 aliphatic carbocycles. The highest BCUT2D eigenvalue weighted by molar-refractivity contribution is 6.74. The van der Waals surface area contributed by atoms with Crippen molar-refractivity contribution in [3.8, 4) is 11.5 Å². The summed E-state index contributed by atoms with van der Waals surface area (Å²) in [4.78, 5) is 44.4. The molecule has 11 nitrogen and oxygen atoms in total. The lowest BCUT2D eigenvalue weighted by Gasteiger charge is -2.39. The Morgan fingerprint density at radius 1 is 0.821 bits per heavy atom. The molecule has 7 rings (SSSR count). The summed E-state index contributed by atoms with van der Waals surface area (Å²) in [5.41, 5.74) is 2.71. The molecule has 2 atom stereocenters. The van der Waals surface area contributed by atoms with E-state index < -0.39 is 19.9 Å². The topological polar surface area (TPSA) is 150 Å². The third-order valence-corrected chi connectivity index (χ3v) is 17.8. The second kappa shape index (κ2) is 21.7. The number of fused-ring (bicyclic) bond motifs is 1. The molecular weight excluding hydrogens is 859 g/mol. The Morgan fingerprint density at radius 2 is 1.51 bits per heavy atom. The van der Waals surface area contributed by atoms with Gasteiger partial charge in [-0.3, -0.25) is 14.5 Å². The summed E-state index contributed by atoms with van der Waals surface area (Å²) in [6, 6.07) is 40.5. The van der Waals surface area contributed by atoms with Crippen molar-refractivity contribution in [1.82, 2.24) is 15.2 Å². The molecule has 6 aromatic rings. The van der Waals surface area contributed by atoms with E-state index in [4.69, 9.17) is 13.9 Å². The molecule has 0 radical (unpaired) electrons. The zero-order chi connectivity index (χ0) is 47.6. The SMILES string of the molecule is CC(C)(C)[Si](C)(C)O[C@@H](CCCc1ccc(C(=O)NCCCOc2cccc([C@](O)(C(=O)OC3CCN(Cc4ccccc4)CC3)c3ccccc3)c2)cc1)c1ccc(O)c2[nH]c(=O)ccc12. The Morgan fingerprint density at radius 3 is 2.21 bits per heavy atom. The Balaban J connectivity index is 0.896. The van der Waals surface area contributed by atoms with E-state index >= 15 is 0 Å². The smallest absolute Gasteiger partial charge is 0.347 e. The first-order valence-corrected chi connectivity index (χ1v) is 26.4. The normalized spacial score (nSPS) is 15.1. The van der Waals surface area contributed by atoms with Gasteiger partial charge in [-0.05, 0) is 115 Å². The number of pyridine rings is 1. The first-order valence-electron chi connectivity index (χ1n) is 23.5. The van der Waals surface area contributed by atoms with Gasteiger partial charge in [0.1, 0.15) is 17.6 Å². The van der Waals surface area contributed by atoms with Crippen LogP contribution in [0.25, 0.3) is 10.9 Å². The number of aryl methyl sites for hydroxylation is 1. The fourth-order valence-electron chi connectivity index (χ4n) is 8.39. The number of benzene rings is 5. The van der Waals surface area contributed by atoms with E-state index in [2.05, 4.69) is 61.2 Å². The number of aliphatic hydroxyl groups is 1. The molecular formula is C55H65N3O8Si. The number of amides is 1. The second-order valence-corrected chi connectivity index (χ2v) is 23.9. The summed E-state index contributed by atoms with van der Waals surface area (Å²) < 4.78 is 19.1. The van der Waals surface area contributed by atoms with E-state index in [0.29, 0.717) is 60.4 Å². The second-order valence-electron chi connectivity index (χ2n) is 19.2. The minimum atomic E-state index is -2.20. The number of likely N-dealkylation sites (tertiary alicyclic amines) is 1. The lowest BCUT2D eigenvalue weighted by molar-refractivity contribution is -0.170. The number of nitrogens with zero attached hydrogens (tertiary/aromatic N) is 1. The summed E-state index contributed by atoms with van der Waals surface area (Å²) in [6.45, 7) is 14.2. The van der Waals surface area contributed by atoms with Crippen LogP contribution in [0.4, 0.5) is 0 Å². The minimum Gasteiger partial charge on any atom is -0.506 e. The Bertz CT molecular complexity index is 2640. The summed E-state index contributed by atoms with van der Waals surface area (Å²) in [5, 5.41) is 26.5. The number of phenolic OH excluding ortho intramolecular Hbond substituents is 1. The van der Waals surface area contributed by atoms with Gasteiger partial charge in [0.25, 0.3) is 5.91 Å². The van der Waals surface area contributed by atoms with Gasteiger partial charge in [-0.2, -0.15) is 0 Å². The van der Waals surface area contributed by atoms with Crippen LogP contribution in [-0.4, -0.2) is 72.6 Å². The number of hydrogen-bond donors (Lipinski definition) is 4. The maximum atomic E-state index is 14.0. The zero-order valence-electron chi connectivity index (χ0n) is 39.4. The standard InChI is InChI=1S/C55H65N3O8Si/c1-54(2,3)67(4,5)66-49(46-27-29-48(59)51-47(46)28-30-50(60)57-51)22-12-17-39-23-25-41(26-24-39)52(61)56-33-14-36-64-45-21-13-20-43(37-45)55(63,42-18-10-7-11-19-42)53(62)65-44-31-34-58(35-32-44)38-40-15-8-6-9-16-40/h6-11,13,15-16,18-21,23-30,37,44,49,59,63H,12,14,17,22,31-36,38H2,1-5H3,(H,56,61)(H,57,60)/t49-,55-/m0/s1. The van der Waals surface area contributed by atoms with E-state index in [1.54, 1.807) is 60.7 Å². The van der Waals surface area contributed by atoms with Crippen LogP contribution in [0, 0.1) is 0 Å². The maximum absolute atomic E-state index is 14.0. The van der Waals surface area contributed by atoms with Crippen LogP contribution in [0.2, 0.25) is 18.1 Å². The fraction of sp³-hybridized carbons (Fsp3) is 0.364. The van der Waals surface area contributed by atoms with Gasteiger partial charge in [0.15, 0.2) is 8.32 Å². The molecule has 0 saturated carbocycles. The number of aromatic amines is 1. The molecule has 1 aliphatic rings. The average molecular weight is 924 g/mol. The van der Waals surface area contributed by atoms with Crippen molar-refractivity contribution in [2.24, 2.45) is 0 Å². The predicted octanol–water partition coefficient (Wildman–Crippen LogP) is 9.96. The number of carbonyl (C=O) groups excluding carboxylic acids is 2. The summed E-state index contributed by atoms with van der Waals surface area (Å²) in [7, 11) is -2.20. The Labute approximate surface area is 395 Å². The van der Waals surface area contributed by atoms with E-state index in [9.17, 15) is 24.6 Å². The average Bonchev–Trinajstić information content (AvgIpc) is 3.32. The third-order valence-electron chi connectivity index (χ3n) is 13.3. The molecule has 352 valence electrons. The molecule has 1 fully saturated rings. The van der Waals surface area contributed by atoms with Crippen LogP contribution in [0.3, 0.4) is 0 Å². The van der Waals surface area contributed by atoms with Gasteiger partial charge in [-0.15, -0.1) is 0 Å². The first kappa shape index (κ1) is 48.9. The molecule has 1 saturated heterocycles. The fourth-order valence-corrected chi connectivity index (χ4v) is 9.70. The number of hydrogen-bond acceptors (Lipinski definition) is 9. The van der Waals surface area contributed by atoms with Crippen molar-refractivity contribution < 1.29 is 33.7 Å². The van der Waals surface area contributed by atoms with Crippen molar-refractivity contribution in [3.05, 3.63) is 177 Å². The number of ether oxygens (including phenoxy) is 2. The van der Waals surface area contributed by atoms with Crippen molar-refractivity contribution in [1.29, 1.82) is 0 Å². The molecule has 1 amide bonds. The molecule has 12 heteroatoms. The summed E-state index contributed by atoms with van der Waals surface area (Å²) in [6.07, 6.45) is 3.68. The number of H-pyrrole nitrogens is 1. The summed E-state index contributed by atoms with van der Waals surface area (Å²) >= 11 is 0. The quantitative estimate of drug-likeness (QED) is 0.0354. The number of nitrogens with one attached hydrogen (secondary N) is 2. The lowest BCUT2D eigenvalue weighted by Crippen LogP contribution is -2.43. The van der Waals surface area contributed by atoms with Gasteiger partial charge in [0.05, 0.1) is 18.2 Å². The predicted molar refractivity (Wildman–Crippen MR) is 266 cm³/mol. The van der Waals surface area contributed by atoms with Crippen LogP contribution in [0.1, 0.15) is 97.2 Å². The van der Waals surface area contributed by atoms with Gasteiger partial charge in [-0.1, -0.05) is 112 Å². The highest BCUT2D eigenvalue weighted by Gasteiger charge is 2.44. The highest BCUT2D eigenvalue weighted by atomic mass is 28.4. The highest BCUT2D eigenvalue weighted by Crippen LogP contribution is 2.43. The molecule has 5 aromatic carbocycles. The molecule has 2 heterocycles. The number of rotatable bonds is 19. The van der Waals surface area contributed by atoms with Crippen molar-refractivity contribution >= 4 is 31.1 Å². The number of esters is 1. The Hall–Kier alpha value is -6.05. The van der Waals surface area contributed by atoms with Crippen LogP contribution in [0.5, 0.6) is 11.5 Å². The molecule has 0 bridgehead atoms. The molecule has 0 spiro atoms. The van der Waals surface area contributed by atoms with Crippen LogP contribution >= 0.6 is 0 Å². The maximum Gasteiger partial charge on any atom is 0.347 e. The van der Waals surface area contributed by atoms with Gasteiger partial charge in [-0.25, -0.2) is 4.79 Å². The monoisotopic (exact) mass is 923 g/mol. The van der Waals surface area contributed by atoms with Crippen molar-refractivity contribution in [2.75, 3.05) is 26.2 Å². The van der Waals surface area contributed by atoms with Gasteiger partial charge < -0.3 is 34.4 Å². The van der Waals surface area contributed by atoms with Gasteiger partial charge >= 0.3 is 5.97 Å². The van der Waals surface area contributed by atoms with Crippen LogP contribution in [-0.2, 0) is 32.5 Å². The molecule has 0 unspecified atom stereocenters. The molecule has 1 aliphatic heterocycles. The minimum absolute atomic E-state index is 0.0145. The van der Waals surface area contributed by atoms with Gasteiger partial charge in [0, 0.05) is 48.8 Å². The number of aromatic nitrogens is 1. The molecule has 67 heavy (non-hydrogen) atoms. The number of phenols is 1. The van der Waals surface area contributed by atoms with E-state index in [-0.39, 0.29) is 34.5 Å². The number of piperidine rings is 1. The van der Waals surface area contributed by atoms with E-state index in [0.717, 1.165) is 55.4 Å². The van der Waals surface area contributed by atoms with Gasteiger partial charge in [0.2, 0.25) is 11.2 Å². The largest absolute Gasteiger partial charge is 0.506 e. The zero-order valence-corrected chi connectivity index (χ0v) is 40.4. The lowest BCUT2D eigenvalue weighted by atomic mass is 9.86. The third kappa shape index (κ3) is 12.3. The number of carbonyl (C=O) groups is 2. The van der Waals surface area contributed by atoms with E-state index in [1.165, 1.54) is 11.6 Å². The molecule has 1 aromatic heterocycles. The van der Waals surface area contributed by atoms with Crippen LogP contribution in [0.15, 0.2) is 138 Å². The van der Waals surface area contributed by atoms with Crippen molar-refractivity contribution in [3.63, 3.8) is 0 Å². The summed E-state index contributed by atoms with van der Waals surface area (Å²) in [5.74, 6) is -0.380. The Kier molecular flexibility index (Phi) is 15.8.